The second-order valence-electron chi connectivity index (χ2n) is 3.34. The number of carboxylic acid groups (broad SMARTS) is 1. The third-order valence-electron chi connectivity index (χ3n) is 2.60. The third kappa shape index (κ3) is 2.29. The van der Waals surface area contributed by atoms with Crippen molar-refractivity contribution in [1.82, 2.24) is 0 Å². The molecule has 0 aromatic heterocycles. The average Bonchev–Trinajstić information content (AvgIpc) is 2.28. The van der Waals surface area contributed by atoms with Crippen molar-refractivity contribution < 1.29 is 14.5 Å². The van der Waals surface area contributed by atoms with Gasteiger partial charge in [0.05, 0.1) is 5.56 Å². The average molecular weight is 226 g/mol. The van der Waals surface area contributed by atoms with E-state index in [0.717, 1.165) is 0 Å². The van der Waals surface area contributed by atoms with Gasteiger partial charge in [0, 0.05) is 17.6 Å². The lowest BCUT2D eigenvalue weighted by molar-refractivity contribution is 0.0698. The Morgan fingerprint density at radius 1 is 1.27 bits per heavy atom. The van der Waals surface area contributed by atoms with E-state index in [1.165, 1.54) is 6.07 Å². The summed E-state index contributed by atoms with van der Waals surface area (Å²) in [7, 11) is -2.51. The maximum atomic E-state index is 12.4. The van der Waals surface area contributed by atoms with E-state index in [2.05, 4.69) is 0 Å². The minimum atomic E-state index is -2.51. The van der Waals surface area contributed by atoms with E-state index in [0.29, 0.717) is 17.6 Å². The summed E-state index contributed by atoms with van der Waals surface area (Å²) in [5.41, 5.74) is 0.171. The van der Waals surface area contributed by atoms with Crippen molar-refractivity contribution in [2.75, 3.05) is 12.3 Å². The molecule has 0 bridgehead atoms. The molecule has 1 rings (SSSR count). The molecule has 15 heavy (non-hydrogen) atoms. The Kier molecular flexibility index (Phi) is 3.70. The van der Waals surface area contributed by atoms with Gasteiger partial charge in [0.15, 0.2) is 0 Å². The fourth-order valence-corrected chi connectivity index (χ4v) is 3.67. The van der Waals surface area contributed by atoms with Gasteiger partial charge in [0.2, 0.25) is 0 Å². The summed E-state index contributed by atoms with van der Waals surface area (Å²) in [6.45, 7) is 3.67. The van der Waals surface area contributed by atoms with Crippen LogP contribution in [0.4, 0.5) is 0 Å². The molecule has 1 N–H and O–H groups in total. The summed E-state index contributed by atoms with van der Waals surface area (Å²) in [6.07, 6.45) is 1.02. The second-order valence-corrected chi connectivity index (χ2v) is 6.87. The lowest BCUT2D eigenvalue weighted by Gasteiger charge is -2.16. The van der Waals surface area contributed by atoms with Crippen LogP contribution in [0.1, 0.15) is 24.2 Å². The first-order chi connectivity index (χ1) is 7.05. The Morgan fingerprint density at radius 2 is 1.80 bits per heavy atom. The van der Waals surface area contributed by atoms with Crippen LogP contribution in [0.2, 0.25) is 0 Å². The molecule has 0 atom stereocenters. The first kappa shape index (κ1) is 12.0. The summed E-state index contributed by atoms with van der Waals surface area (Å²) >= 11 is 0. The summed E-state index contributed by atoms with van der Waals surface area (Å²) in [6, 6.07) is 6.56. The van der Waals surface area contributed by atoms with Gasteiger partial charge in [-0.05, 0) is 6.07 Å². The van der Waals surface area contributed by atoms with E-state index in [4.69, 9.17) is 5.11 Å². The largest absolute Gasteiger partial charge is 0.478 e. The highest BCUT2D eigenvalue weighted by atomic mass is 31.2. The molecule has 0 radical (unpaired) electrons. The molecule has 4 heteroatoms. The Balaban J connectivity index is 3.36. The Bertz CT molecular complexity index is 404. The number of benzene rings is 1. The monoisotopic (exact) mass is 226 g/mol. The number of aromatic carboxylic acids is 1. The van der Waals surface area contributed by atoms with Crippen molar-refractivity contribution in [3.63, 3.8) is 0 Å². The predicted octanol–water partition coefficient (Wildman–Crippen LogP) is 2.41. The molecule has 1 aromatic carbocycles. The summed E-state index contributed by atoms with van der Waals surface area (Å²) < 4.78 is 12.4. The van der Waals surface area contributed by atoms with E-state index in [-0.39, 0.29) is 5.56 Å². The van der Waals surface area contributed by atoms with Crippen LogP contribution in [0.5, 0.6) is 0 Å². The van der Waals surface area contributed by atoms with Crippen molar-refractivity contribution in [2.24, 2.45) is 0 Å². The smallest absolute Gasteiger partial charge is 0.336 e. The van der Waals surface area contributed by atoms with Gasteiger partial charge >= 0.3 is 5.97 Å². The zero-order chi connectivity index (χ0) is 11.5. The fraction of sp³-hybridized carbons (Fsp3) is 0.364. The third-order valence-corrected chi connectivity index (χ3v) is 5.91. The highest BCUT2D eigenvalue weighted by molar-refractivity contribution is 7.71. The molecule has 0 aliphatic carbocycles. The van der Waals surface area contributed by atoms with Crippen molar-refractivity contribution in [3.05, 3.63) is 29.8 Å². The van der Waals surface area contributed by atoms with Crippen LogP contribution in [-0.4, -0.2) is 23.4 Å². The van der Waals surface area contributed by atoms with Crippen molar-refractivity contribution >= 4 is 18.4 Å². The van der Waals surface area contributed by atoms with E-state index in [1.54, 1.807) is 18.2 Å². The zero-order valence-corrected chi connectivity index (χ0v) is 9.83. The quantitative estimate of drug-likeness (QED) is 0.802. The normalized spacial score (nSPS) is 11.3. The van der Waals surface area contributed by atoms with Crippen LogP contribution >= 0.6 is 7.14 Å². The number of carbonyl (C=O) groups is 1. The van der Waals surface area contributed by atoms with Crippen molar-refractivity contribution in [2.45, 2.75) is 13.8 Å². The number of hydrogen-bond donors (Lipinski definition) is 1. The van der Waals surface area contributed by atoms with Crippen LogP contribution in [0.3, 0.4) is 0 Å². The predicted molar refractivity (Wildman–Crippen MR) is 61.7 cm³/mol. The van der Waals surface area contributed by atoms with E-state index < -0.39 is 13.1 Å². The molecule has 3 nitrogen and oxygen atoms in total. The second kappa shape index (κ2) is 4.63. The van der Waals surface area contributed by atoms with Gasteiger partial charge in [-0.1, -0.05) is 32.0 Å². The molecule has 0 unspecified atom stereocenters. The van der Waals surface area contributed by atoms with Gasteiger partial charge < -0.3 is 9.67 Å². The lowest BCUT2D eigenvalue weighted by atomic mass is 10.2. The molecular weight excluding hydrogens is 211 g/mol. The maximum Gasteiger partial charge on any atom is 0.336 e. The highest BCUT2D eigenvalue weighted by Crippen LogP contribution is 2.44. The summed E-state index contributed by atoms with van der Waals surface area (Å²) in [5.74, 6) is -1.01. The van der Waals surface area contributed by atoms with Gasteiger partial charge in [0.1, 0.15) is 7.14 Å². The molecule has 82 valence electrons. The number of carboxylic acids is 1. The van der Waals surface area contributed by atoms with E-state index in [9.17, 15) is 9.36 Å². The van der Waals surface area contributed by atoms with Gasteiger partial charge in [0.25, 0.3) is 0 Å². The number of hydrogen-bond acceptors (Lipinski definition) is 2. The lowest BCUT2D eigenvalue weighted by Crippen LogP contribution is -2.17. The standard InChI is InChI=1S/C11H15O3P/c1-3-15(14,4-2)10-8-6-5-7-9(10)11(12)13/h5-8H,3-4H2,1-2H3,(H,12,13). The molecule has 0 fully saturated rings. The first-order valence-electron chi connectivity index (χ1n) is 4.96. The molecule has 0 amide bonds. The maximum absolute atomic E-state index is 12.4. The summed E-state index contributed by atoms with van der Waals surface area (Å²) in [4.78, 5) is 11.0. The molecule has 0 saturated carbocycles. The zero-order valence-electron chi connectivity index (χ0n) is 8.93. The van der Waals surface area contributed by atoms with E-state index in [1.807, 2.05) is 13.8 Å². The van der Waals surface area contributed by atoms with E-state index >= 15 is 0 Å². The molecule has 0 aliphatic rings. The first-order valence-corrected chi connectivity index (χ1v) is 7.04. The number of rotatable bonds is 4. The van der Waals surface area contributed by atoms with Gasteiger partial charge in [-0.15, -0.1) is 0 Å². The molecule has 0 heterocycles. The minimum Gasteiger partial charge on any atom is -0.478 e. The topological polar surface area (TPSA) is 54.4 Å². The van der Waals surface area contributed by atoms with Gasteiger partial charge in [-0.25, -0.2) is 4.79 Å². The van der Waals surface area contributed by atoms with Gasteiger partial charge in [-0.3, -0.25) is 0 Å². The Labute approximate surface area is 89.5 Å². The highest BCUT2D eigenvalue weighted by Gasteiger charge is 2.25. The van der Waals surface area contributed by atoms with Gasteiger partial charge in [-0.2, -0.15) is 0 Å². The minimum absolute atomic E-state index is 0.171. The van der Waals surface area contributed by atoms with Crippen LogP contribution in [0.25, 0.3) is 0 Å². The van der Waals surface area contributed by atoms with Crippen molar-refractivity contribution in [1.29, 1.82) is 0 Å². The summed E-state index contributed by atoms with van der Waals surface area (Å²) in [5, 5.41) is 9.50. The van der Waals surface area contributed by atoms with Crippen LogP contribution in [-0.2, 0) is 4.57 Å². The van der Waals surface area contributed by atoms with Crippen LogP contribution < -0.4 is 5.30 Å². The SMILES string of the molecule is CCP(=O)(CC)c1ccccc1C(=O)O. The Morgan fingerprint density at radius 3 is 2.27 bits per heavy atom. The molecule has 0 spiro atoms. The molecular formula is C11H15O3P. The van der Waals surface area contributed by atoms with Crippen LogP contribution in [0.15, 0.2) is 24.3 Å². The molecule has 0 saturated heterocycles. The fourth-order valence-electron chi connectivity index (χ4n) is 1.57. The van der Waals surface area contributed by atoms with Crippen molar-refractivity contribution in [3.8, 4) is 0 Å². The molecule has 1 aromatic rings. The Hall–Kier alpha value is -1.08. The molecule has 0 aliphatic heterocycles. The van der Waals surface area contributed by atoms with Crippen LogP contribution in [0, 0.1) is 0 Å².